The van der Waals surface area contributed by atoms with Gasteiger partial charge in [0.1, 0.15) is 18.1 Å². The van der Waals surface area contributed by atoms with Crippen LogP contribution in [0.5, 0.6) is 11.6 Å². The molecule has 1 heterocycles. The van der Waals surface area contributed by atoms with Crippen molar-refractivity contribution < 1.29 is 9.47 Å². The quantitative estimate of drug-likeness (QED) is 0.458. The summed E-state index contributed by atoms with van der Waals surface area (Å²) in [6.07, 6.45) is 3.93. The second-order valence-electron chi connectivity index (χ2n) is 6.28. The minimum atomic E-state index is 0.442. The van der Waals surface area contributed by atoms with Crippen LogP contribution in [0.2, 0.25) is 0 Å². The number of para-hydroxylation sites is 2. The molecule has 0 saturated carbocycles. The Hall–Kier alpha value is -3.66. The minimum Gasteiger partial charge on any atom is -0.497 e. The summed E-state index contributed by atoms with van der Waals surface area (Å²) >= 11 is 0. The van der Waals surface area contributed by atoms with Gasteiger partial charge in [-0.1, -0.05) is 60.7 Å². The van der Waals surface area contributed by atoms with Crippen LogP contribution in [0.25, 0.3) is 23.2 Å². The fourth-order valence-electron chi connectivity index (χ4n) is 2.83. The zero-order valence-corrected chi connectivity index (χ0v) is 15.6. The summed E-state index contributed by atoms with van der Waals surface area (Å²) in [4.78, 5) is 9.41. The molecule has 0 aliphatic heterocycles. The number of ether oxygens (including phenoxy) is 2. The summed E-state index contributed by atoms with van der Waals surface area (Å²) in [7, 11) is 1.66. The molecule has 0 fully saturated rings. The summed E-state index contributed by atoms with van der Waals surface area (Å²) in [5, 5.41) is 0. The van der Waals surface area contributed by atoms with Gasteiger partial charge in [0.05, 0.1) is 18.1 Å². The molecule has 4 nitrogen and oxygen atoms in total. The molecule has 0 radical (unpaired) electrons. The van der Waals surface area contributed by atoms with Crippen molar-refractivity contribution in [3.8, 4) is 11.6 Å². The molecule has 4 rings (SSSR count). The first-order valence-electron chi connectivity index (χ1n) is 9.07. The molecular weight excluding hydrogens is 348 g/mol. The van der Waals surface area contributed by atoms with E-state index in [1.165, 1.54) is 0 Å². The van der Waals surface area contributed by atoms with Crippen LogP contribution in [-0.2, 0) is 6.61 Å². The van der Waals surface area contributed by atoms with Gasteiger partial charge in [-0.25, -0.2) is 9.97 Å². The molecule has 0 aliphatic carbocycles. The number of benzene rings is 3. The molecule has 4 heteroatoms. The molecule has 138 valence electrons. The standard InChI is InChI=1S/C24H20N2O2/c1-27-20-14-11-18(12-15-20)13-16-23-24(28-17-19-7-3-2-4-8-19)26-22-10-6-5-9-21(22)25-23/h2-16H,17H2,1H3/b16-13+. The highest BCUT2D eigenvalue weighted by molar-refractivity contribution is 5.79. The first-order valence-corrected chi connectivity index (χ1v) is 9.07. The molecule has 0 bridgehead atoms. The molecule has 3 aromatic carbocycles. The largest absolute Gasteiger partial charge is 0.497 e. The van der Waals surface area contributed by atoms with Gasteiger partial charge in [-0.2, -0.15) is 0 Å². The number of hydrogen-bond donors (Lipinski definition) is 0. The molecule has 0 spiro atoms. The lowest BCUT2D eigenvalue weighted by Crippen LogP contribution is -2.01. The van der Waals surface area contributed by atoms with Crippen molar-refractivity contribution in [1.29, 1.82) is 0 Å². The van der Waals surface area contributed by atoms with E-state index in [0.29, 0.717) is 18.2 Å². The third-order valence-electron chi connectivity index (χ3n) is 4.33. The van der Waals surface area contributed by atoms with Crippen LogP contribution in [0.4, 0.5) is 0 Å². The minimum absolute atomic E-state index is 0.442. The van der Waals surface area contributed by atoms with Gasteiger partial charge >= 0.3 is 0 Å². The number of nitrogens with zero attached hydrogens (tertiary/aromatic N) is 2. The molecule has 0 saturated heterocycles. The fourth-order valence-corrected chi connectivity index (χ4v) is 2.83. The third kappa shape index (κ3) is 4.18. The fraction of sp³-hybridized carbons (Fsp3) is 0.0833. The number of rotatable bonds is 6. The van der Waals surface area contributed by atoms with Gasteiger partial charge in [0.25, 0.3) is 0 Å². The zero-order chi connectivity index (χ0) is 19.2. The van der Waals surface area contributed by atoms with Crippen LogP contribution in [0.15, 0.2) is 78.9 Å². The summed E-state index contributed by atoms with van der Waals surface area (Å²) in [5.41, 5.74) is 4.48. The second-order valence-corrected chi connectivity index (χ2v) is 6.28. The molecule has 0 atom stereocenters. The second kappa shape index (κ2) is 8.35. The van der Waals surface area contributed by atoms with Crippen molar-refractivity contribution in [3.05, 3.63) is 95.7 Å². The van der Waals surface area contributed by atoms with Crippen LogP contribution in [-0.4, -0.2) is 17.1 Å². The monoisotopic (exact) mass is 368 g/mol. The predicted molar refractivity (Wildman–Crippen MR) is 112 cm³/mol. The van der Waals surface area contributed by atoms with Gasteiger partial charge < -0.3 is 9.47 Å². The van der Waals surface area contributed by atoms with Crippen molar-refractivity contribution in [2.75, 3.05) is 7.11 Å². The molecule has 0 amide bonds. The molecule has 0 unspecified atom stereocenters. The smallest absolute Gasteiger partial charge is 0.240 e. The van der Waals surface area contributed by atoms with Gasteiger partial charge in [-0.3, -0.25) is 0 Å². The van der Waals surface area contributed by atoms with E-state index in [2.05, 4.69) is 4.98 Å². The van der Waals surface area contributed by atoms with E-state index in [0.717, 1.165) is 27.9 Å². The van der Waals surface area contributed by atoms with Gasteiger partial charge in [-0.15, -0.1) is 0 Å². The summed E-state index contributed by atoms with van der Waals surface area (Å²) in [6, 6.07) is 25.7. The van der Waals surface area contributed by atoms with E-state index in [9.17, 15) is 0 Å². The summed E-state index contributed by atoms with van der Waals surface area (Å²) in [5.74, 6) is 1.35. The average Bonchev–Trinajstić information content (AvgIpc) is 2.77. The van der Waals surface area contributed by atoms with Crippen molar-refractivity contribution in [2.24, 2.45) is 0 Å². The number of fused-ring (bicyclic) bond motifs is 1. The van der Waals surface area contributed by atoms with Crippen molar-refractivity contribution in [1.82, 2.24) is 9.97 Å². The maximum atomic E-state index is 6.01. The molecule has 4 aromatic rings. The van der Waals surface area contributed by atoms with Gasteiger partial charge in [0, 0.05) is 0 Å². The Kier molecular flexibility index (Phi) is 5.29. The molecule has 1 aromatic heterocycles. The maximum Gasteiger partial charge on any atom is 0.240 e. The Bertz CT molecular complexity index is 1090. The van der Waals surface area contributed by atoms with E-state index >= 15 is 0 Å². The number of methoxy groups -OCH3 is 1. The Morgan fingerprint density at radius 2 is 1.43 bits per heavy atom. The SMILES string of the molecule is COc1ccc(/C=C/c2nc3ccccc3nc2OCc2ccccc2)cc1. The van der Waals surface area contributed by atoms with Crippen molar-refractivity contribution in [3.63, 3.8) is 0 Å². The van der Waals surface area contributed by atoms with Gasteiger partial charge in [0.15, 0.2) is 0 Å². The van der Waals surface area contributed by atoms with E-state index < -0.39 is 0 Å². The summed E-state index contributed by atoms with van der Waals surface area (Å²) < 4.78 is 11.2. The van der Waals surface area contributed by atoms with Gasteiger partial charge in [-0.05, 0) is 41.5 Å². The van der Waals surface area contributed by atoms with Crippen molar-refractivity contribution >= 4 is 23.2 Å². The Morgan fingerprint density at radius 1 is 0.750 bits per heavy atom. The highest BCUT2D eigenvalue weighted by Gasteiger charge is 2.08. The molecular formula is C24H20N2O2. The summed E-state index contributed by atoms with van der Waals surface area (Å²) in [6.45, 7) is 0.442. The van der Waals surface area contributed by atoms with Crippen LogP contribution in [0, 0.1) is 0 Å². The topological polar surface area (TPSA) is 44.2 Å². The van der Waals surface area contributed by atoms with Gasteiger partial charge in [0.2, 0.25) is 5.88 Å². The number of hydrogen-bond acceptors (Lipinski definition) is 4. The normalized spacial score (nSPS) is 11.0. The first-order chi connectivity index (χ1) is 13.8. The van der Waals surface area contributed by atoms with Crippen LogP contribution >= 0.6 is 0 Å². The third-order valence-corrected chi connectivity index (χ3v) is 4.33. The highest BCUT2D eigenvalue weighted by atomic mass is 16.5. The van der Waals surface area contributed by atoms with E-state index in [4.69, 9.17) is 14.5 Å². The molecule has 0 aliphatic rings. The van der Waals surface area contributed by atoms with Crippen LogP contribution in [0.1, 0.15) is 16.8 Å². The Morgan fingerprint density at radius 3 is 2.14 bits per heavy atom. The molecule has 28 heavy (non-hydrogen) atoms. The lowest BCUT2D eigenvalue weighted by Gasteiger charge is -2.09. The highest BCUT2D eigenvalue weighted by Crippen LogP contribution is 2.22. The Labute approximate surface area is 164 Å². The zero-order valence-electron chi connectivity index (χ0n) is 15.6. The molecule has 0 N–H and O–H groups in total. The van der Waals surface area contributed by atoms with Crippen LogP contribution < -0.4 is 9.47 Å². The predicted octanol–water partition coefficient (Wildman–Crippen LogP) is 5.39. The van der Waals surface area contributed by atoms with E-state index in [1.807, 2.05) is 91.0 Å². The van der Waals surface area contributed by atoms with E-state index in [1.54, 1.807) is 7.11 Å². The van der Waals surface area contributed by atoms with Crippen LogP contribution in [0.3, 0.4) is 0 Å². The maximum absolute atomic E-state index is 6.01. The lowest BCUT2D eigenvalue weighted by atomic mass is 10.2. The number of aromatic nitrogens is 2. The average molecular weight is 368 g/mol. The van der Waals surface area contributed by atoms with Crippen molar-refractivity contribution in [2.45, 2.75) is 6.61 Å². The first kappa shape index (κ1) is 17.7. The van der Waals surface area contributed by atoms with E-state index in [-0.39, 0.29) is 0 Å². The Balaban J connectivity index is 1.64. The lowest BCUT2D eigenvalue weighted by molar-refractivity contribution is 0.293.